The zero-order valence-electron chi connectivity index (χ0n) is 13.8. The highest BCUT2D eigenvalue weighted by Crippen LogP contribution is 2.16. The molecular weight excluding hydrogens is 340 g/mol. The fourth-order valence-corrected chi connectivity index (χ4v) is 2.21. The number of amides is 1. The smallest absolute Gasteiger partial charge is 0.335 e. The van der Waals surface area contributed by atoms with E-state index in [4.69, 9.17) is 22.1 Å². The van der Waals surface area contributed by atoms with Crippen molar-refractivity contribution in [2.24, 2.45) is 0 Å². The van der Waals surface area contributed by atoms with E-state index in [1.54, 1.807) is 18.2 Å². The summed E-state index contributed by atoms with van der Waals surface area (Å²) in [6, 6.07) is 11.6. The van der Waals surface area contributed by atoms with Gasteiger partial charge in [-0.25, -0.2) is 4.79 Å². The Morgan fingerprint density at radius 2 is 1.76 bits per heavy atom. The highest BCUT2D eigenvalue weighted by Gasteiger charge is 2.07. The highest BCUT2D eigenvalue weighted by atomic mass is 32.1. The van der Waals surface area contributed by atoms with E-state index in [2.05, 4.69) is 10.6 Å². The van der Waals surface area contributed by atoms with Gasteiger partial charge < -0.3 is 15.2 Å². The van der Waals surface area contributed by atoms with E-state index >= 15 is 0 Å². The summed E-state index contributed by atoms with van der Waals surface area (Å²) in [6.45, 7) is 3.80. The van der Waals surface area contributed by atoms with Crippen molar-refractivity contribution in [2.75, 3.05) is 11.9 Å². The molecule has 0 bridgehead atoms. The van der Waals surface area contributed by atoms with Gasteiger partial charge in [0.25, 0.3) is 5.91 Å². The van der Waals surface area contributed by atoms with Crippen LogP contribution in [-0.4, -0.2) is 28.7 Å². The van der Waals surface area contributed by atoms with E-state index in [1.807, 2.05) is 26.0 Å². The molecule has 0 atom stereocenters. The zero-order valence-corrected chi connectivity index (χ0v) is 14.6. The van der Waals surface area contributed by atoms with Crippen molar-refractivity contribution in [3.05, 3.63) is 59.2 Å². The van der Waals surface area contributed by atoms with Crippen LogP contribution in [0.15, 0.2) is 42.5 Å². The van der Waals surface area contributed by atoms with Crippen molar-refractivity contribution in [1.29, 1.82) is 0 Å². The summed E-state index contributed by atoms with van der Waals surface area (Å²) in [5.41, 5.74) is 2.98. The van der Waals surface area contributed by atoms with Gasteiger partial charge in [-0.15, -0.1) is 0 Å². The van der Waals surface area contributed by atoms with Crippen LogP contribution in [0.2, 0.25) is 0 Å². The molecule has 0 aromatic heterocycles. The molecule has 7 heteroatoms. The van der Waals surface area contributed by atoms with Crippen LogP contribution in [0, 0.1) is 13.8 Å². The van der Waals surface area contributed by atoms with Crippen molar-refractivity contribution >= 4 is 34.9 Å². The van der Waals surface area contributed by atoms with Gasteiger partial charge in [0.05, 0.1) is 5.56 Å². The average molecular weight is 358 g/mol. The molecule has 6 nitrogen and oxygen atoms in total. The molecule has 25 heavy (non-hydrogen) atoms. The summed E-state index contributed by atoms with van der Waals surface area (Å²) in [6.07, 6.45) is 0. The standard InChI is InChI=1S/C18H18N2O4S/c1-11-3-8-15(9-12(11)2)24-10-16(21)20-18(25)19-14-6-4-13(5-7-14)17(22)23/h3-9H,10H2,1-2H3,(H,22,23)(H2,19,20,21,25). The van der Waals surface area contributed by atoms with Crippen LogP contribution in [0.4, 0.5) is 5.69 Å². The van der Waals surface area contributed by atoms with Gasteiger partial charge in [0.1, 0.15) is 5.75 Å². The first-order valence-corrected chi connectivity index (χ1v) is 7.90. The summed E-state index contributed by atoms with van der Waals surface area (Å²) >= 11 is 5.05. The third-order valence-electron chi connectivity index (χ3n) is 3.49. The number of aromatic carboxylic acids is 1. The topological polar surface area (TPSA) is 87.7 Å². The molecule has 0 saturated carbocycles. The molecule has 0 saturated heterocycles. The number of thiocarbonyl (C=S) groups is 1. The molecule has 2 aromatic rings. The molecule has 2 aromatic carbocycles. The normalized spacial score (nSPS) is 10.0. The van der Waals surface area contributed by atoms with Crippen molar-refractivity contribution in [3.8, 4) is 5.75 Å². The van der Waals surface area contributed by atoms with Crippen LogP contribution in [0.5, 0.6) is 5.75 Å². The van der Waals surface area contributed by atoms with E-state index in [1.165, 1.54) is 12.1 Å². The quantitative estimate of drug-likeness (QED) is 0.713. The van der Waals surface area contributed by atoms with Gasteiger partial charge in [0.2, 0.25) is 0 Å². The average Bonchev–Trinajstić information content (AvgIpc) is 2.56. The van der Waals surface area contributed by atoms with Gasteiger partial charge >= 0.3 is 5.97 Å². The molecule has 2 rings (SSSR count). The first-order valence-electron chi connectivity index (χ1n) is 7.49. The largest absolute Gasteiger partial charge is 0.484 e. The third-order valence-corrected chi connectivity index (χ3v) is 3.70. The number of rotatable bonds is 5. The summed E-state index contributed by atoms with van der Waals surface area (Å²) in [5.74, 6) is -0.787. The number of hydrogen-bond donors (Lipinski definition) is 3. The summed E-state index contributed by atoms with van der Waals surface area (Å²) in [7, 11) is 0. The molecule has 0 aliphatic heterocycles. The molecule has 0 radical (unpaired) electrons. The Bertz CT molecular complexity index is 803. The first-order chi connectivity index (χ1) is 11.8. The second-order valence-corrected chi connectivity index (χ2v) is 5.83. The van der Waals surface area contributed by atoms with Crippen LogP contribution in [0.3, 0.4) is 0 Å². The predicted molar refractivity (Wildman–Crippen MR) is 99.2 cm³/mol. The van der Waals surface area contributed by atoms with Crippen molar-refractivity contribution < 1.29 is 19.4 Å². The molecule has 0 fully saturated rings. The Labute approximate surface area is 150 Å². The van der Waals surface area contributed by atoms with Crippen LogP contribution < -0.4 is 15.4 Å². The minimum absolute atomic E-state index is 0.108. The maximum atomic E-state index is 11.9. The Morgan fingerprint density at radius 3 is 2.36 bits per heavy atom. The lowest BCUT2D eigenvalue weighted by Crippen LogP contribution is -2.37. The zero-order chi connectivity index (χ0) is 18.4. The fourth-order valence-electron chi connectivity index (χ4n) is 1.97. The van der Waals surface area contributed by atoms with E-state index in [-0.39, 0.29) is 17.3 Å². The molecular formula is C18H18N2O4S. The molecule has 0 unspecified atom stereocenters. The number of carbonyl (C=O) groups is 2. The van der Waals surface area contributed by atoms with Gasteiger partial charge in [-0.05, 0) is 73.6 Å². The van der Waals surface area contributed by atoms with Gasteiger partial charge in [-0.1, -0.05) is 6.07 Å². The first kappa shape index (κ1) is 18.4. The van der Waals surface area contributed by atoms with Crippen molar-refractivity contribution in [2.45, 2.75) is 13.8 Å². The predicted octanol–water partition coefficient (Wildman–Crippen LogP) is 2.89. The lowest BCUT2D eigenvalue weighted by Gasteiger charge is -2.11. The number of aryl methyl sites for hydroxylation is 2. The molecule has 3 N–H and O–H groups in total. The Morgan fingerprint density at radius 1 is 1.08 bits per heavy atom. The van der Waals surface area contributed by atoms with E-state index in [0.717, 1.165) is 11.1 Å². The van der Waals surface area contributed by atoms with Crippen molar-refractivity contribution in [3.63, 3.8) is 0 Å². The lowest BCUT2D eigenvalue weighted by atomic mass is 10.1. The Hall–Kier alpha value is -2.93. The highest BCUT2D eigenvalue weighted by molar-refractivity contribution is 7.80. The number of carboxylic acid groups (broad SMARTS) is 1. The molecule has 1 amide bonds. The van der Waals surface area contributed by atoms with Gasteiger partial charge in [0.15, 0.2) is 11.7 Å². The van der Waals surface area contributed by atoms with E-state index in [0.29, 0.717) is 11.4 Å². The minimum atomic E-state index is -1.01. The van der Waals surface area contributed by atoms with E-state index in [9.17, 15) is 9.59 Å². The SMILES string of the molecule is Cc1ccc(OCC(=O)NC(=S)Nc2ccc(C(=O)O)cc2)cc1C. The monoisotopic (exact) mass is 358 g/mol. The van der Waals surface area contributed by atoms with Crippen molar-refractivity contribution in [1.82, 2.24) is 5.32 Å². The van der Waals surface area contributed by atoms with Crippen LogP contribution in [0.1, 0.15) is 21.5 Å². The summed E-state index contributed by atoms with van der Waals surface area (Å²) < 4.78 is 5.43. The number of ether oxygens (including phenoxy) is 1. The Kier molecular flexibility index (Phi) is 6.08. The lowest BCUT2D eigenvalue weighted by molar-refractivity contribution is -0.121. The maximum absolute atomic E-state index is 11.9. The molecule has 0 aliphatic rings. The minimum Gasteiger partial charge on any atom is -0.484 e. The Balaban J connectivity index is 1.82. The summed E-state index contributed by atoms with van der Waals surface area (Å²) in [5, 5.41) is 14.3. The van der Waals surface area contributed by atoms with Crippen LogP contribution in [-0.2, 0) is 4.79 Å². The number of carbonyl (C=O) groups excluding carboxylic acids is 1. The van der Waals surface area contributed by atoms with Gasteiger partial charge in [0, 0.05) is 5.69 Å². The molecule has 0 spiro atoms. The number of hydrogen-bond acceptors (Lipinski definition) is 4. The fraction of sp³-hybridized carbons (Fsp3) is 0.167. The van der Waals surface area contributed by atoms with E-state index < -0.39 is 11.9 Å². The van der Waals surface area contributed by atoms with Gasteiger partial charge in [-0.3, -0.25) is 10.1 Å². The number of anilines is 1. The number of carboxylic acids is 1. The van der Waals surface area contributed by atoms with Gasteiger partial charge in [-0.2, -0.15) is 0 Å². The second kappa shape index (κ2) is 8.25. The number of nitrogens with one attached hydrogen (secondary N) is 2. The molecule has 0 heterocycles. The van der Waals surface area contributed by atoms with Crippen LogP contribution >= 0.6 is 12.2 Å². The third kappa shape index (κ3) is 5.58. The maximum Gasteiger partial charge on any atom is 0.335 e. The van der Waals surface area contributed by atoms with Crippen LogP contribution in [0.25, 0.3) is 0 Å². The molecule has 0 aliphatic carbocycles. The molecule has 130 valence electrons. The summed E-state index contributed by atoms with van der Waals surface area (Å²) in [4.78, 5) is 22.7. The second-order valence-electron chi connectivity index (χ2n) is 5.42. The number of benzene rings is 2.